The number of amides is 2. The zero-order chi connectivity index (χ0) is 16.5. The highest BCUT2D eigenvalue weighted by atomic mass is 35.5. The van der Waals surface area contributed by atoms with Crippen molar-refractivity contribution in [3.05, 3.63) is 40.9 Å². The Bertz CT molecular complexity index is 753. The Morgan fingerprint density at radius 2 is 2.12 bits per heavy atom. The predicted octanol–water partition coefficient (Wildman–Crippen LogP) is 3.64. The molecule has 24 heavy (non-hydrogen) atoms. The number of hydrogen-bond donors (Lipinski definition) is 1. The van der Waals surface area contributed by atoms with Crippen LogP contribution in [0.3, 0.4) is 0 Å². The van der Waals surface area contributed by atoms with E-state index in [-0.39, 0.29) is 6.03 Å². The normalized spacial score (nSPS) is 17.8. The number of carbonyl (C=O) groups excluding carboxylic acids is 1. The lowest BCUT2D eigenvalue weighted by Crippen LogP contribution is -2.41. The van der Waals surface area contributed by atoms with Crippen LogP contribution in [0.4, 0.5) is 10.5 Å². The smallest absolute Gasteiger partial charge is 0.317 e. The van der Waals surface area contributed by atoms with E-state index in [0.717, 1.165) is 6.54 Å². The Morgan fingerprint density at radius 3 is 2.92 bits per heavy atom. The van der Waals surface area contributed by atoms with Gasteiger partial charge in [-0.2, -0.15) is 5.10 Å². The van der Waals surface area contributed by atoms with Crippen molar-refractivity contribution in [2.24, 2.45) is 0 Å². The van der Waals surface area contributed by atoms with Crippen LogP contribution < -0.4 is 5.32 Å². The molecule has 0 saturated heterocycles. The molecule has 4 rings (SSSR count). The van der Waals surface area contributed by atoms with Crippen molar-refractivity contribution in [3.8, 4) is 0 Å². The predicted molar refractivity (Wildman–Crippen MR) is 92.1 cm³/mol. The van der Waals surface area contributed by atoms with E-state index in [1.165, 1.54) is 36.9 Å². The second-order valence-corrected chi connectivity index (χ2v) is 6.86. The highest BCUT2D eigenvalue weighted by molar-refractivity contribution is 6.29. The molecule has 3 heterocycles. The average molecular weight is 346 g/mol. The maximum Gasteiger partial charge on any atom is 0.322 e. The number of anilines is 1. The van der Waals surface area contributed by atoms with Gasteiger partial charge in [0.05, 0.1) is 25.0 Å². The van der Waals surface area contributed by atoms with Gasteiger partial charge in [-0.25, -0.2) is 9.78 Å². The molecule has 7 heteroatoms. The molecule has 1 aliphatic carbocycles. The van der Waals surface area contributed by atoms with Crippen molar-refractivity contribution in [1.82, 2.24) is 19.7 Å². The van der Waals surface area contributed by atoms with Gasteiger partial charge >= 0.3 is 6.03 Å². The molecule has 6 nitrogen and oxygen atoms in total. The number of pyridine rings is 1. The first kappa shape index (κ1) is 15.4. The third-order valence-electron chi connectivity index (χ3n) is 4.96. The first-order valence-corrected chi connectivity index (χ1v) is 8.80. The molecule has 126 valence electrons. The second kappa shape index (κ2) is 6.43. The van der Waals surface area contributed by atoms with Gasteiger partial charge in [-0.1, -0.05) is 24.4 Å². The first-order valence-electron chi connectivity index (χ1n) is 8.43. The Morgan fingerprint density at radius 1 is 1.29 bits per heavy atom. The Labute approximate surface area is 145 Å². The summed E-state index contributed by atoms with van der Waals surface area (Å²) in [6.45, 7) is 2.01. The molecular weight excluding hydrogens is 326 g/mol. The van der Waals surface area contributed by atoms with E-state index in [2.05, 4.69) is 20.1 Å². The second-order valence-electron chi connectivity index (χ2n) is 6.47. The van der Waals surface area contributed by atoms with Gasteiger partial charge in [-0.15, -0.1) is 0 Å². The van der Waals surface area contributed by atoms with Crippen LogP contribution in [0.15, 0.2) is 24.5 Å². The van der Waals surface area contributed by atoms with Crippen LogP contribution >= 0.6 is 11.6 Å². The van der Waals surface area contributed by atoms with E-state index >= 15 is 0 Å². The van der Waals surface area contributed by atoms with Crippen molar-refractivity contribution >= 4 is 23.3 Å². The summed E-state index contributed by atoms with van der Waals surface area (Å²) >= 11 is 5.87. The minimum atomic E-state index is -0.109. The van der Waals surface area contributed by atoms with Crippen LogP contribution in [0.5, 0.6) is 0 Å². The number of aromatic nitrogens is 3. The lowest BCUT2D eigenvalue weighted by molar-refractivity contribution is 0.194. The fourth-order valence-electron chi connectivity index (χ4n) is 3.70. The van der Waals surface area contributed by atoms with Gasteiger partial charge < -0.3 is 10.2 Å². The molecule has 1 aliphatic heterocycles. The van der Waals surface area contributed by atoms with Crippen LogP contribution in [0.1, 0.15) is 42.9 Å². The maximum atomic E-state index is 12.6. The monoisotopic (exact) mass is 345 g/mol. The van der Waals surface area contributed by atoms with Crippen molar-refractivity contribution in [2.45, 2.75) is 44.7 Å². The van der Waals surface area contributed by atoms with Crippen molar-refractivity contribution < 1.29 is 4.79 Å². The van der Waals surface area contributed by atoms with Crippen LogP contribution in [0, 0.1) is 0 Å². The van der Waals surface area contributed by atoms with E-state index in [4.69, 9.17) is 11.6 Å². The molecule has 0 bridgehead atoms. The lowest BCUT2D eigenvalue weighted by Gasteiger charge is -2.29. The molecule has 2 aromatic rings. The Balaban J connectivity index is 1.49. The van der Waals surface area contributed by atoms with E-state index in [1.807, 2.05) is 11.1 Å². The zero-order valence-corrected chi connectivity index (χ0v) is 14.2. The molecule has 0 atom stereocenters. The number of halogens is 1. The number of rotatable bonds is 2. The van der Waals surface area contributed by atoms with Gasteiger partial charge in [-0.3, -0.25) is 4.68 Å². The fourth-order valence-corrected chi connectivity index (χ4v) is 3.87. The van der Waals surface area contributed by atoms with Gasteiger partial charge in [0, 0.05) is 18.4 Å². The summed E-state index contributed by atoms with van der Waals surface area (Å²) in [6, 6.07) is 3.28. The van der Waals surface area contributed by atoms with Crippen LogP contribution in [-0.4, -0.2) is 32.2 Å². The van der Waals surface area contributed by atoms with Crippen LogP contribution in [0.25, 0.3) is 0 Å². The third kappa shape index (κ3) is 2.98. The zero-order valence-electron chi connectivity index (χ0n) is 13.4. The largest absolute Gasteiger partial charge is 0.322 e. The van der Waals surface area contributed by atoms with E-state index in [0.29, 0.717) is 29.8 Å². The Kier molecular flexibility index (Phi) is 4.14. The highest BCUT2D eigenvalue weighted by Gasteiger charge is 2.28. The summed E-state index contributed by atoms with van der Waals surface area (Å²) in [5.74, 6) is 0.607. The summed E-state index contributed by atoms with van der Waals surface area (Å²) < 4.78 is 2.06. The summed E-state index contributed by atoms with van der Waals surface area (Å²) in [5, 5.41) is 7.79. The number of nitrogens with zero attached hydrogens (tertiary/aromatic N) is 4. The molecule has 1 N–H and O–H groups in total. The van der Waals surface area contributed by atoms with Gasteiger partial charge in [0.15, 0.2) is 0 Å². The molecule has 1 saturated carbocycles. The molecule has 0 spiro atoms. The molecule has 2 aliphatic rings. The van der Waals surface area contributed by atoms with Crippen LogP contribution in [-0.2, 0) is 13.1 Å². The number of urea groups is 1. The average Bonchev–Trinajstić information content (AvgIpc) is 3.23. The lowest BCUT2D eigenvalue weighted by atomic mass is 9.97. The van der Waals surface area contributed by atoms with E-state index in [1.54, 1.807) is 18.3 Å². The molecule has 0 unspecified atom stereocenters. The number of hydrogen-bond acceptors (Lipinski definition) is 3. The van der Waals surface area contributed by atoms with Gasteiger partial charge in [0.1, 0.15) is 5.15 Å². The minimum absolute atomic E-state index is 0.109. The number of nitrogens with one attached hydrogen (secondary N) is 1. The van der Waals surface area contributed by atoms with Crippen molar-refractivity contribution in [3.63, 3.8) is 0 Å². The van der Waals surface area contributed by atoms with E-state index in [9.17, 15) is 4.79 Å². The summed E-state index contributed by atoms with van der Waals surface area (Å²) in [5.41, 5.74) is 3.18. The molecule has 2 aromatic heterocycles. The third-order valence-corrected chi connectivity index (χ3v) is 5.17. The maximum absolute atomic E-state index is 12.6. The number of fused-ring (bicyclic) bond motifs is 1. The quantitative estimate of drug-likeness (QED) is 0.845. The fraction of sp³-hybridized carbons (Fsp3) is 0.471. The van der Waals surface area contributed by atoms with Crippen molar-refractivity contribution in [2.75, 3.05) is 11.9 Å². The van der Waals surface area contributed by atoms with E-state index < -0.39 is 0 Å². The molecule has 1 fully saturated rings. The first-order chi connectivity index (χ1) is 11.7. The molecule has 2 amide bonds. The SMILES string of the molecule is O=C(Nc1ccnc(Cl)c1)N1CCn2ncc(C3CCCC3)c2C1. The standard InChI is InChI=1S/C17H20ClN5O/c18-16-9-13(5-6-19-16)21-17(24)22-7-8-23-15(11-22)14(10-20-23)12-3-1-2-4-12/h5-6,9-10,12H,1-4,7-8,11H2,(H,19,21,24). The molecule has 0 radical (unpaired) electrons. The number of carbonyl (C=O) groups is 1. The van der Waals surface area contributed by atoms with Gasteiger partial charge in [0.2, 0.25) is 0 Å². The highest BCUT2D eigenvalue weighted by Crippen LogP contribution is 2.36. The molecule has 0 aromatic carbocycles. The minimum Gasteiger partial charge on any atom is -0.317 e. The molecular formula is C17H20ClN5O. The Hall–Kier alpha value is -2.08. The van der Waals surface area contributed by atoms with Gasteiger partial charge in [0.25, 0.3) is 0 Å². The van der Waals surface area contributed by atoms with Crippen molar-refractivity contribution in [1.29, 1.82) is 0 Å². The van der Waals surface area contributed by atoms with Gasteiger partial charge in [-0.05, 0) is 36.5 Å². The topological polar surface area (TPSA) is 63.1 Å². The van der Waals surface area contributed by atoms with Crippen LogP contribution in [0.2, 0.25) is 5.15 Å². The summed E-state index contributed by atoms with van der Waals surface area (Å²) in [7, 11) is 0. The summed E-state index contributed by atoms with van der Waals surface area (Å²) in [4.78, 5) is 18.3. The summed E-state index contributed by atoms with van der Waals surface area (Å²) in [6.07, 6.45) is 8.65.